The Balaban J connectivity index is 1.65. The SMILES string of the molecule is CNC1c2ccccc2OCC1SCC1CCCC1. The molecule has 1 saturated carbocycles. The highest BCUT2D eigenvalue weighted by molar-refractivity contribution is 8.00. The molecule has 0 bridgehead atoms. The molecule has 2 atom stereocenters. The van der Waals surface area contributed by atoms with Crippen LogP contribution in [0.5, 0.6) is 5.75 Å². The first-order chi connectivity index (χ1) is 9.38. The fourth-order valence-electron chi connectivity index (χ4n) is 3.26. The molecule has 2 unspecified atom stereocenters. The van der Waals surface area contributed by atoms with Crippen LogP contribution in [0, 0.1) is 5.92 Å². The fraction of sp³-hybridized carbons (Fsp3) is 0.625. The van der Waals surface area contributed by atoms with Crippen LogP contribution >= 0.6 is 11.8 Å². The number of thioether (sulfide) groups is 1. The summed E-state index contributed by atoms with van der Waals surface area (Å²) in [6.07, 6.45) is 5.73. The van der Waals surface area contributed by atoms with Crippen molar-refractivity contribution >= 4 is 11.8 Å². The lowest BCUT2D eigenvalue weighted by Gasteiger charge is -2.33. The average Bonchev–Trinajstić information content (AvgIpc) is 2.97. The Morgan fingerprint density at radius 1 is 1.26 bits per heavy atom. The van der Waals surface area contributed by atoms with Crippen molar-refractivity contribution in [2.24, 2.45) is 5.92 Å². The molecule has 0 spiro atoms. The molecule has 1 fully saturated rings. The van der Waals surface area contributed by atoms with Crippen LogP contribution in [0.15, 0.2) is 24.3 Å². The van der Waals surface area contributed by atoms with Crippen LogP contribution in [0.3, 0.4) is 0 Å². The van der Waals surface area contributed by atoms with Crippen molar-refractivity contribution in [1.82, 2.24) is 5.32 Å². The van der Waals surface area contributed by atoms with Gasteiger partial charge in [0.15, 0.2) is 0 Å². The molecule has 1 aliphatic heterocycles. The maximum atomic E-state index is 5.92. The molecule has 2 aliphatic rings. The lowest BCUT2D eigenvalue weighted by atomic mass is 10.0. The number of nitrogens with one attached hydrogen (secondary N) is 1. The van der Waals surface area contributed by atoms with Gasteiger partial charge < -0.3 is 10.1 Å². The third kappa shape index (κ3) is 2.92. The van der Waals surface area contributed by atoms with Gasteiger partial charge in [-0.05, 0) is 37.6 Å². The summed E-state index contributed by atoms with van der Waals surface area (Å²) in [5.41, 5.74) is 1.32. The maximum Gasteiger partial charge on any atom is 0.124 e. The minimum Gasteiger partial charge on any atom is -0.492 e. The maximum absolute atomic E-state index is 5.92. The van der Waals surface area contributed by atoms with Gasteiger partial charge in [0, 0.05) is 5.56 Å². The van der Waals surface area contributed by atoms with Gasteiger partial charge in [-0.1, -0.05) is 31.0 Å². The molecular formula is C16H23NOS. The number of rotatable bonds is 4. The van der Waals surface area contributed by atoms with E-state index in [0.717, 1.165) is 18.3 Å². The monoisotopic (exact) mass is 277 g/mol. The van der Waals surface area contributed by atoms with Crippen molar-refractivity contribution < 1.29 is 4.74 Å². The number of para-hydroxylation sites is 1. The Morgan fingerprint density at radius 2 is 2.05 bits per heavy atom. The second-order valence-corrected chi connectivity index (χ2v) is 6.91. The molecule has 0 saturated heterocycles. The van der Waals surface area contributed by atoms with E-state index < -0.39 is 0 Å². The van der Waals surface area contributed by atoms with Crippen molar-refractivity contribution in [2.45, 2.75) is 37.0 Å². The summed E-state index contributed by atoms with van der Waals surface area (Å²) in [4.78, 5) is 0. The van der Waals surface area contributed by atoms with E-state index in [-0.39, 0.29) is 0 Å². The molecule has 1 heterocycles. The first-order valence-corrected chi connectivity index (χ1v) is 8.44. The Morgan fingerprint density at radius 3 is 2.84 bits per heavy atom. The summed E-state index contributed by atoms with van der Waals surface area (Å²) in [6.45, 7) is 0.833. The van der Waals surface area contributed by atoms with E-state index in [2.05, 4.69) is 48.4 Å². The third-order valence-corrected chi connectivity index (χ3v) is 5.86. The minimum absolute atomic E-state index is 0.427. The molecule has 3 heteroatoms. The molecule has 1 N–H and O–H groups in total. The molecule has 104 valence electrons. The lowest BCUT2D eigenvalue weighted by molar-refractivity contribution is 0.264. The highest BCUT2D eigenvalue weighted by Crippen LogP contribution is 2.39. The summed E-state index contributed by atoms with van der Waals surface area (Å²) >= 11 is 2.10. The van der Waals surface area contributed by atoms with Gasteiger partial charge in [-0.25, -0.2) is 0 Å². The van der Waals surface area contributed by atoms with Crippen molar-refractivity contribution in [2.75, 3.05) is 19.4 Å². The molecule has 1 aromatic rings. The summed E-state index contributed by atoms with van der Waals surface area (Å²) in [7, 11) is 2.07. The van der Waals surface area contributed by atoms with Crippen LogP contribution in [-0.4, -0.2) is 24.7 Å². The largest absolute Gasteiger partial charge is 0.492 e. The molecule has 0 radical (unpaired) electrons. The van der Waals surface area contributed by atoms with E-state index in [0.29, 0.717) is 11.3 Å². The van der Waals surface area contributed by atoms with Crippen LogP contribution < -0.4 is 10.1 Å². The second kappa shape index (κ2) is 6.19. The van der Waals surface area contributed by atoms with Crippen molar-refractivity contribution in [1.29, 1.82) is 0 Å². The molecule has 2 nitrogen and oxygen atoms in total. The van der Waals surface area contributed by atoms with Crippen molar-refractivity contribution in [3.8, 4) is 5.75 Å². The normalized spacial score (nSPS) is 27.0. The minimum atomic E-state index is 0.427. The van der Waals surface area contributed by atoms with Gasteiger partial charge >= 0.3 is 0 Å². The lowest BCUT2D eigenvalue weighted by Crippen LogP contribution is -2.36. The number of fused-ring (bicyclic) bond motifs is 1. The Bertz CT molecular complexity index is 417. The summed E-state index contributed by atoms with van der Waals surface area (Å²) in [5, 5.41) is 4.03. The standard InChI is InChI=1S/C16H23NOS/c1-17-16-13-8-4-5-9-14(13)18-10-15(16)19-11-12-6-2-3-7-12/h4-5,8-9,12,15-17H,2-3,6-7,10-11H2,1H3. The van der Waals surface area contributed by atoms with Gasteiger partial charge in [0.1, 0.15) is 12.4 Å². The third-order valence-electron chi connectivity index (χ3n) is 4.36. The molecule has 19 heavy (non-hydrogen) atoms. The average molecular weight is 277 g/mol. The van der Waals surface area contributed by atoms with Crippen LogP contribution in [0.4, 0.5) is 0 Å². The molecular weight excluding hydrogens is 254 g/mol. The molecule has 0 amide bonds. The van der Waals surface area contributed by atoms with Crippen LogP contribution in [-0.2, 0) is 0 Å². The predicted octanol–water partition coefficient (Wildman–Crippen LogP) is 3.63. The van der Waals surface area contributed by atoms with E-state index >= 15 is 0 Å². The number of benzene rings is 1. The highest BCUT2D eigenvalue weighted by atomic mass is 32.2. The van der Waals surface area contributed by atoms with Gasteiger partial charge in [-0.2, -0.15) is 11.8 Å². The fourth-order valence-corrected chi connectivity index (χ4v) is 4.75. The van der Waals surface area contributed by atoms with Crippen LogP contribution in [0.2, 0.25) is 0 Å². The molecule has 3 rings (SSSR count). The smallest absolute Gasteiger partial charge is 0.124 e. The molecule has 1 aliphatic carbocycles. The van der Waals surface area contributed by atoms with Gasteiger partial charge in [0.2, 0.25) is 0 Å². The van der Waals surface area contributed by atoms with Gasteiger partial charge in [0.25, 0.3) is 0 Å². The van der Waals surface area contributed by atoms with E-state index in [1.165, 1.54) is 37.0 Å². The highest BCUT2D eigenvalue weighted by Gasteiger charge is 2.30. The first kappa shape index (κ1) is 13.3. The Hall–Kier alpha value is -0.670. The summed E-state index contributed by atoms with van der Waals surface area (Å²) < 4.78 is 5.92. The zero-order valence-electron chi connectivity index (χ0n) is 11.6. The number of hydrogen-bond acceptors (Lipinski definition) is 3. The van der Waals surface area contributed by atoms with Crippen LogP contribution in [0.25, 0.3) is 0 Å². The topological polar surface area (TPSA) is 21.3 Å². The quantitative estimate of drug-likeness (QED) is 0.908. The Labute approximate surface area is 120 Å². The van der Waals surface area contributed by atoms with E-state index in [1.807, 2.05) is 0 Å². The zero-order chi connectivity index (χ0) is 13.1. The summed E-state index contributed by atoms with van der Waals surface area (Å²) in [6, 6.07) is 8.86. The summed E-state index contributed by atoms with van der Waals surface area (Å²) in [5.74, 6) is 3.30. The zero-order valence-corrected chi connectivity index (χ0v) is 12.4. The number of hydrogen-bond donors (Lipinski definition) is 1. The number of ether oxygens (including phenoxy) is 1. The van der Waals surface area contributed by atoms with E-state index in [9.17, 15) is 0 Å². The van der Waals surface area contributed by atoms with Gasteiger partial charge in [0.05, 0.1) is 11.3 Å². The van der Waals surface area contributed by atoms with E-state index in [4.69, 9.17) is 4.74 Å². The molecule has 0 aromatic heterocycles. The van der Waals surface area contributed by atoms with Crippen LogP contribution in [0.1, 0.15) is 37.3 Å². The van der Waals surface area contributed by atoms with Crippen molar-refractivity contribution in [3.63, 3.8) is 0 Å². The van der Waals surface area contributed by atoms with Gasteiger partial charge in [-0.15, -0.1) is 0 Å². The van der Waals surface area contributed by atoms with Gasteiger partial charge in [-0.3, -0.25) is 0 Å². The predicted molar refractivity (Wildman–Crippen MR) is 81.9 cm³/mol. The first-order valence-electron chi connectivity index (χ1n) is 7.39. The molecule has 1 aromatic carbocycles. The Kier molecular flexibility index (Phi) is 4.34. The van der Waals surface area contributed by atoms with Crippen molar-refractivity contribution in [3.05, 3.63) is 29.8 Å². The van der Waals surface area contributed by atoms with E-state index in [1.54, 1.807) is 0 Å². The second-order valence-electron chi connectivity index (χ2n) is 5.64.